The van der Waals surface area contributed by atoms with Crippen LogP contribution in [0.4, 0.5) is 5.69 Å². The van der Waals surface area contributed by atoms with E-state index in [2.05, 4.69) is 4.72 Å². The second-order valence-corrected chi connectivity index (χ2v) is 6.90. The fourth-order valence-corrected chi connectivity index (χ4v) is 3.32. The summed E-state index contributed by atoms with van der Waals surface area (Å²) in [5.74, 6) is 0. The van der Waals surface area contributed by atoms with E-state index in [0.717, 1.165) is 22.3 Å². The Labute approximate surface area is 126 Å². The molecular weight excluding hydrogens is 284 g/mol. The molecule has 0 aliphatic carbocycles. The summed E-state index contributed by atoms with van der Waals surface area (Å²) in [6, 6.07) is 10.7. The van der Waals surface area contributed by atoms with E-state index in [1.54, 1.807) is 18.2 Å². The summed E-state index contributed by atoms with van der Waals surface area (Å²) in [6.07, 6.45) is 0. The lowest BCUT2D eigenvalue weighted by Crippen LogP contribution is -2.14. The van der Waals surface area contributed by atoms with E-state index < -0.39 is 10.0 Å². The molecule has 0 saturated carbocycles. The Morgan fingerprint density at radius 2 is 1.71 bits per heavy atom. The van der Waals surface area contributed by atoms with Gasteiger partial charge in [-0.2, -0.15) is 0 Å². The molecule has 2 aromatic carbocycles. The molecule has 4 nitrogen and oxygen atoms in total. The number of nitrogens with two attached hydrogens (primary N) is 1. The molecule has 0 unspecified atom stereocenters. The summed E-state index contributed by atoms with van der Waals surface area (Å²) < 4.78 is 27.6. The van der Waals surface area contributed by atoms with Crippen LogP contribution in [0.1, 0.15) is 22.3 Å². The molecule has 0 fully saturated rings. The molecule has 2 aromatic rings. The van der Waals surface area contributed by atoms with E-state index in [4.69, 9.17) is 5.73 Å². The number of benzene rings is 2. The monoisotopic (exact) mass is 304 g/mol. The van der Waals surface area contributed by atoms with Crippen molar-refractivity contribution in [2.24, 2.45) is 5.73 Å². The van der Waals surface area contributed by atoms with Gasteiger partial charge in [0.05, 0.1) is 10.6 Å². The number of aryl methyl sites for hydroxylation is 3. The third kappa shape index (κ3) is 3.43. The van der Waals surface area contributed by atoms with Crippen LogP contribution in [-0.4, -0.2) is 8.42 Å². The predicted molar refractivity (Wildman–Crippen MR) is 85.8 cm³/mol. The summed E-state index contributed by atoms with van der Waals surface area (Å²) in [6.45, 7) is 6.06. The van der Waals surface area contributed by atoms with Crippen molar-refractivity contribution < 1.29 is 8.42 Å². The Hall–Kier alpha value is -1.85. The van der Waals surface area contributed by atoms with Crippen LogP contribution < -0.4 is 10.5 Å². The van der Waals surface area contributed by atoms with Gasteiger partial charge in [-0.15, -0.1) is 0 Å². The van der Waals surface area contributed by atoms with Crippen molar-refractivity contribution >= 4 is 15.7 Å². The van der Waals surface area contributed by atoms with Gasteiger partial charge in [0.25, 0.3) is 10.0 Å². The van der Waals surface area contributed by atoms with Gasteiger partial charge in [-0.3, -0.25) is 4.72 Å². The molecule has 3 N–H and O–H groups in total. The number of hydrogen-bond donors (Lipinski definition) is 2. The molecule has 21 heavy (non-hydrogen) atoms. The molecule has 0 aliphatic rings. The first-order valence-electron chi connectivity index (χ1n) is 6.73. The van der Waals surface area contributed by atoms with E-state index >= 15 is 0 Å². The molecule has 2 rings (SSSR count). The number of anilines is 1. The number of hydrogen-bond acceptors (Lipinski definition) is 3. The maximum Gasteiger partial charge on any atom is 0.261 e. The molecule has 0 spiro atoms. The van der Waals surface area contributed by atoms with Crippen LogP contribution in [0.25, 0.3) is 0 Å². The highest BCUT2D eigenvalue weighted by Crippen LogP contribution is 2.22. The SMILES string of the molecule is Cc1ccc(C)c(NS(=O)(=O)c2ccc(CN)c(C)c2)c1. The molecule has 112 valence electrons. The first-order valence-corrected chi connectivity index (χ1v) is 8.21. The highest BCUT2D eigenvalue weighted by molar-refractivity contribution is 7.92. The molecule has 0 heterocycles. The lowest BCUT2D eigenvalue weighted by molar-refractivity contribution is 0.601. The standard InChI is InChI=1S/C16H20N2O2S/c1-11-4-5-12(2)16(8-11)18-21(19,20)15-7-6-14(10-17)13(3)9-15/h4-9,18H,10,17H2,1-3H3. The fraction of sp³-hybridized carbons (Fsp3) is 0.250. The molecule has 0 bridgehead atoms. The zero-order valence-electron chi connectivity index (χ0n) is 12.5. The van der Waals surface area contributed by atoms with Gasteiger partial charge in [0, 0.05) is 6.54 Å². The van der Waals surface area contributed by atoms with Crippen molar-refractivity contribution in [1.29, 1.82) is 0 Å². The zero-order valence-corrected chi connectivity index (χ0v) is 13.3. The Kier molecular flexibility index (Phi) is 4.34. The Balaban J connectivity index is 2.38. The van der Waals surface area contributed by atoms with Gasteiger partial charge in [-0.1, -0.05) is 18.2 Å². The predicted octanol–water partition coefficient (Wildman–Crippen LogP) is 2.87. The summed E-state index contributed by atoms with van der Waals surface area (Å²) in [5, 5.41) is 0. The van der Waals surface area contributed by atoms with Crippen LogP contribution in [0.3, 0.4) is 0 Å². The average Bonchev–Trinajstić information content (AvgIpc) is 2.42. The van der Waals surface area contributed by atoms with Gasteiger partial charge in [0.2, 0.25) is 0 Å². The molecule has 0 amide bonds. The van der Waals surface area contributed by atoms with Crippen LogP contribution in [0.5, 0.6) is 0 Å². The highest BCUT2D eigenvalue weighted by Gasteiger charge is 2.16. The van der Waals surface area contributed by atoms with Crippen molar-refractivity contribution in [2.75, 3.05) is 4.72 Å². The van der Waals surface area contributed by atoms with Gasteiger partial charge in [0.1, 0.15) is 0 Å². The lowest BCUT2D eigenvalue weighted by atomic mass is 10.1. The number of sulfonamides is 1. The van der Waals surface area contributed by atoms with Gasteiger partial charge >= 0.3 is 0 Å². The molecular formula is C16H20N2O2S. The molecule has 0 aromatic heterocycles. The minimum absolute atomic E-state index is 0.248. The summed E-state index contributed by atoms with van der Waals surface area (Å²) >= 11 is 0. The minimum Gasteiger partial charge on any atom is -0.326 e. The van der Waals surface area contributed by atoms with E-state index in [1.807, 2.05) is 39.0 Å². The van der Waals surface area contributed by atoms with Crippen molar-refractivity contribution in [1.82, 2.24) is 0 Å². The van der Waals surface area contributed by atoms with E-state index in [9.17, 15) is 8.42 Å². The van der Waals surface area contributed by atoms with E-state index in [1.165, 1.54) is 0 Å². The van der Waals surface area contributed by atoms with Crippen LogP contribution >= 0.6 is 0 Å². The molecule has 5 heteroatoms. The van der Waals surface area contributed by atoms with Crippen molar-refractivity contribution in [3.63, 3.8) is 0 Å². The number of nitrogens with one attached hydrogen (secondary N) is 1. The normalized spacial score (nSPS) is 11.4. The van der Waals surface area contributed by atoms with Crippen LogP contribution in [-0.2, 0) is 16.6 Å². The Bertz CT molecular complexity index is 768. The molecule has 0 aliphatic heterocycles. The third-order valence-corrected chi connectivity index (χ3v) is 4.84. The van der Waals surface area contributed by atoms with Gasteiger partial charge < -0.3 is 5.73 Å². The lowest BCUT2D eigenvalue weighted by Gasteiger charge is -2.12. The van der Waals surface area contributed by atoms with Gasteiger partial charge in [-0.05, 0) is 61.2 Å². The summed E-state index contributed by atoms with van der Waals surface area (Å²) in [4.78, 5) is 0.248. The zero-order chi connectivity index (χ0) is 15.6. The number of rotatable bonds is 4. The Morgan fingerprint density at radius 3 is 2.33 bits per heavy atom. The molecule has 0 radical (unpaired) electrons. The Morgan fingerprint density at radius 1 is 1.00 bits per heavy atom. The van der Waals surface area contributed by atoms with Crippen LogP contribution in [0.2, 0.25) is 0 Å². The van der Waals surface area contributed by atoms with Gasteiger partial charge in [-0.25, -0.2) is 8.42 Å². The minimum atomic E-state index is -3.59. The highest BCUT2D eigenvalue weighted by atomic mass is 32.2. The average molecular weight is 304 g/mol. The maximum atomic E-state index is 12.5. The first-order chi connectivity index (χ1) is 9.83. The second kappa shape index (κ2) is 5.87. The van der Waals surface area contributed by atoms with E-state index in [-0.39, 0.29) is 4.90 Å². The van der Waals surface area contributed by atoms with Crippen molar-refractivity contribution in [2.45, 2.75) is 32.2 Å². The third-order valence-electron chi connectivity index (χ3n) is 3.48. The van der Waals surface area contributed by atoms with Gasteiger partial charge in [0.15, 0.2) is 0 Å². The second-order valence-electron chi connectivity index (χ2n) is 5.22. The largest absolute Gasteiger partial charge is 0.326 e. The summed E-state index contributed by atoms with van der Waals surface area (Å²) in [7, 11) is -3.59. The topological polar surface area (TPSA) is 72.2 Å². The molecule has 0 saturated heterocycles. The van der Waals surface area contributed by atoms with E-state index in [0.29, 0.717) is 12.2 Å². The van der Waals surface area contributed by atoms with Crippen molar-refractivity contribution in [3.05, 3.63) is 58.7 Å². The van der Waals surface area contributed by atoms with Crippen LogP contribution in [0, 0.1) is 20.8 Å². The quantitative estimate of drug-likeness (QED) is 0.912. The summed E-state index contributed by atoms with van der Waals surface area (Å²) in [5.41, 5.74) is 9.93. The van der Waals surface area contributed by atoms with Crippen LogP contribution in [0.15, 0.2) is 41.3 Å². The first kappa shape index (κ1) is 15.5. The smallest absolute Gasteiger partial charge is 0.261 e. The fourth-order valence-electron chi connectivity index (χ4n) is 2.11. The maximum absolute atomic E-state index is 12.5. The molecule has 0 atom stereocenters. The van der Waals surface area contributed by atoms with Crippen molar-refractivity contribution in [3.8, 4) is 0 Å².